The van der Waals surface area contributed by atoms with Crippen LogP contribution in [0.25, 0.3) is 0 Å². The maximum Gasteiger partial charge on any atom is 0.223 e. The van der Waals surface area contributed by atoms with Crippen LogP contribution in [0.2, 0.25) is 10.3 Å². The fourth-order valence-corrected chi connectivity index (χ4v) is 3.20. The van der Waals surface area contributed by atoms with E-state index in [1.54, 1.807) is 12.1 Å². The van der Waals surface area contributed by atoms with Crippen LogP contribution in [0, 0.1) is 17.8 Å². The second-order valence-corrected chi connectivity index (χ2v) is 6.94. The van der Waals surface area contributed by atoms with E-state index in [1.807, 2.05) is 0 Å². The highest BCUT2D eigenvalue weighted by molar-refractivity contribution is 6.31. The van der Waals surface area contributed by atoms with Gasteiger partial charge in [0.2, 0.25) is 5.95 Å². The summed E-state index contributed by atoms with van der Waals surface area (Å²) in [5, 5.41) is 33.4. The number of pyridine rings is 1. The second kappa shape index (κ2) is 7.84. The van der Waals surface area contributed by atoms with Gasteiger partial charge in [-0.15, -0.1) is 0 Å². The Kier molecular flexibility index (Phi) is 5.69. The van der Waals surface area contributed by atoms with Crippen LogP contribution in [0.15, 0.2) is 18.3 Å². The summed E-state index contributed by atoms with van der Waals surface area (Å²) >= 11 is 11.9. The lowest BCUT2D eigenvalue weighted by Gasteiger charge is -2.30. The van der Waals surface area contributed by atoms with E-state index in [0.717, 1.165) is 0 Å². The number of aliphatic hydroxyl groups is 3. The molecule has 8 nitrogen and oxygen atoms in total. The first-order valence-electron chi connectivity index (χ1n) is 8.08. The van der Waals surface area contributed by atoms with Crippen LogP contribution in [-0.2, 0) is 0 Å². The summed E-state index contributed by atoms with van der Waals surface area (Å²) < 4.78 is 0. The predicted octanol–water partition coefficient (Wildman–Crippen LogP) is 1.02. The third kappa shape index (κ3) is 4.24. The molecule has 0 amide bonds. The molecule has 0 bridgehead atoms. The molecule has 6 N–H and O–H groups in total. The number of nitrogens with zero attached hydrogens (tertiary/aromatic N) is 3. The van der Waals surface area contributed by atoms with Gasteiger partial charge in [-0.1, -0.05) is 35.0 Å². The van der Waals surface area contributed by atoms with Crippen LogP contribution in [0.3, 0.4) is 0 Å². The molecule has 3 unspecified atom stereocenters. The van der Waals surface area contributed by atoms with Crippen molar-refractivity contribution in [2.75, 3.05) is 17.7 Å². The Morgan fingerprint density at radius 2 is 2.07 bits per heavy atom. The zero-order valence-corrected chi connectivity index (χ0v) is 15.5. The summed E-state index contributed by atoms with van der Waals surface area (Å²) in [5.41, 5.74) is 4.74. The van der Waals surface area contributed by atoms with E-state index in [1.165, 1.54) is 6.20 Å². The molecular formula is C17H17Cl2N5O3. The summed E-state index contributed by atoms with van der Waals surface area (Å²) in [6, 6.07) is 3.28. The van der Waals surface area contributed by atoms with E-state index in [-0.39, 0.29) is 35.5 Å². The van der Waals surface area contributed by atoms with Crippen LogP contribution < -0.4 is 11.1 Å². The van der Waals surface area contributed by atoms with E-state index in [4.69, 9.17) is 28.9 Å². The average molecular weight is 410 g/mol. The number of nitrogens with one attached hydrogen (secondary N) is 1. The molecular weight excluding hydrogens is 393 g/mol. The van der Waals surface area contributed by atoms with Gasteiger partial charge in [0.05, 0.1) is 0 Å². The molecule has 0 aromatic carbocycles. The smallest absolute Gasteiger partial charge is 0.223 e. The van der Waals surface area contributed by atoms with E-state index in [2.05, 4.69) is 32.1 Å². The van der Waals surface area contributed by atoms with Gasteiger partial charge in [0, 0.05) is 24.3 Å². The third-order valence-corrected chi connectivity index (χ3v) is 4.84. The SMILES string of the molecule is Nc1nc(Cl)c(C#Cc2ccc(Cl)nc2)c(NC2(O)CCC(CO)C2O)n1. The first-order valence-corrected chi connectivity index (χ1v) is 8.84. The van der Waals surface area contributed by atoms with Crippen molar-refractivity contribution >= 4 is 35.0 Å². The third-order valence-electron chi connectivity index (χ3n) is 4.34. The van der Waals surface area contributed by atoms with Crippen molar-refractivity contribution in [1.82, 2.24) is 15.0 Å². The largest absolute Gasteiger partial charge is 0.396 e. The fourth-order valence-electron chi connectivity index (χ4n) is 2.87. The highest BCUT2D eigenvalue weighted by Gasteiger charge is 2.47. The predicted molar refractivity (Wildman–Crippen MR) is 101 cm³/mol. The molecule has 2 aromatic heterocycles. The van der Waals surface area contributed by atoms with Gasteiger partial charge >= 0.3 is 0 Å². The molecule has 10 heteroatoms. The zero-order chi connectivity index (χ0) is 19.6. The van der Waals surface area contributed by atoms with Gasteiger partial charge in [0.1, 0.15) is 16.8 Å². The molecule has 0 saturated heterocycles. The van der Waals surface area contributed by atoms with Crippen LogP contribution in [0.1, 0.15) is 24.0 Å². The Morgan fingerprint density at radius 1 is 1.30 bits per heavy atom. The highest BCUT2D eigenvalue weighted by Crippen LogP contribution is 2.36. The standard InChI is InChI=1S/C17H17Cl2N5O3/c18-12-4-2-9(7-21-12)1-3-11-14(19)22-16(20)23-15(11)24-17(27)6-5-10(8-25)13(17)26/h2,4,7,10,13,25-27H,5-6,8H2,(H3,20,22,23,24). The highest BCUT2D eigenvalue weighted by atomic mass is 35.5. The lowest BCUT2D eigenvalue weighted by molar-refractivity contribution is -0.0545. The Labute approximate surface area is 165 Å². The Morgan fingerprint density at radius 3 is 2.70 bits per heavy atom. The fraction of sp³-hybridized carbons (Fsp3) is 0.353. The number of rotatable bonds is 3. The van der Waals surface area contributed by atoms with E-state index < -0.39 is 17.7 Å². The second-order valence-electron chi connectivity index (χ2n) is 6.19. The van der Waals surface area contributed by atoms with Gasteiger partial charge in [-0.2, -0.15) is 9.97 Å². The molecule has 1 saturated carbocycles. The molecule has 1 fully saturated rings. The Hall–Kier alpha value is -2.15. The molecule has 2 heterocycles. The van der Waals surface area contributed by atoms with Crippen molar-refractivity contribution in [3.63, 3.8) is 0 Å². The van der Waals surface area contributed by atoms with Crippen LogP contribution in [0.5, 0.6) is 0 Å². The molecule has 1 aliphatic carbocycles. The lowest BCUT2D eigenvalue weighted by Crippen LogP contribution is -2.48. The summed E-state index contributed by atoms with van der Waals surface area (Å²) in [7, 11) is 0. The Bertz CT molecular complexity index is 900. The maximum absolute atomic E-state index is 10.7. The van der Waals surface area contributed by atoms with E-state index in [0.29, 0.717) is 17.1 Å². The number of nitrogens with two attached hydrogens (primary N) is 1. The van der Waals surface area contributed by atoms with Gasteiger partial charge in [-0.25, -0.2) is 4.98 Å². The van der Waals surface area contributed by atoms with Crippen LogP contribution in [0.4, 0.5) is 11.8 Å². The molecule has 3 atom stereocenters. The first-order chi connectivity index (χ1) is 12.8. The monoisotopic (exact) mass is 409 g/mol. The number of nitrogen functional groups attached to an aromatic ring is 1. The minimum atomic E-state index is -1.70. The number of anilines is 2. The van der Waals surface area contributed by atoms with Crippen LogP contribution in [-0.4, -0.2) is 48.7 Å². The minimum Gasteiger partial charge on any atom is -0.396 e. The summed E-state index contributed by atoms with van der Waals surface area (Å²) in [6.45, 7) is -0.242. The van der Waals surface area contributed by atoms with Crippen molar-refractivity contribution in [1.29, 1.82) is 0 Å². The molecule has 0 aliphatic heterocycles. The maximum atomic E-state index is 10.7. The zero-order valence-electron chi connectivity index (χ0n) is 14.0. The van der Waals surface area contributed by atoms with Gasteiger partial charge in [-0.05, 0) is 25.0 Å². The number of hydrogen-bond donors (Lipinski definition) is 5. The topological polar surface area (TPSA) is 137 Å². The van der Waals surface area contributed by atoms with E-state index in [9.17, 15) is 15.3 Å². The van der Waals surface area contributed by atoms with Gasteiger partial charge in [0.15, 0.2) is 16.7 Å². The van der Waals surface area contributed by atoms with Crippen molar-refractivity contribution in [3.8, 4) is 11.8 Å². The average Bonchev–Trinajstić information content (AvgIpc) is 2.90. The number of halogens is 2. The molecule has 27 heavy (non-hydrogen) atoms. The summed E-state index contributed by atoms with van der Waals surface area (Å²) in [6.07, 6.45) is 0.940. The van der Waals surface area contributed by atoms with Crippen molar-refractivity contribution in [3.05, 3.63) is 39.8 Å². The van der Waals surface area contributed by atoms with Crippen LogP contribution >= 0.6 is 23.2 Å². The Balaban J connectivity index is 1.95. The quantitative estimate of drug-likeness (QED) is 0.219. The van der Waals surface area contributed by atoms with Crippen molar-refractivity contribution < 1.29 is 15.3 Å². The first kappa shape index (κ1) is 19.6. The summed E-state index contributed by atoms with van der Waals surface area (Å²) in [5.74, 6) is 5.20. The molecule has 0 spiro atoms. The minimum absolute atomic E-state index is 0.00535. The molecule has 0 radical (unpaired) electrons. The van der Waals surface area contributed by atoms with E-state index >= 15 is 0 Å². The molecule has 142 valence electrons. The molecule has 1 aliphatic rings. The van der Waals surface area contributed by atoms with Gasteiger partial charge < -0.3 is 26.4 Å². The number of aliphatic hydroxyl groups excluding tert-OH is 2. The van der Waals surface area contributed by atoms with Crippen molar-refractivity contribution in [2.45, 2.75) is 24.7 Å². The lowest BCUT2D eigenvalue weighted by atomic mass is 10.0. The molecule has 3 rings (SSSR count). The number of aromatic nitrogens is 3. The number of hydrogen-bond acceptors (Lipinski definition) is 8. The molecule has 2 aromatic rings. The van der Waals surface area contributed by atoms with Gasteiger partial charge in [-0.3, -0.25) is 0 Å². The summed E-state index contributed by atoms with van der Waals surface area (Å²) in [4.78, 5) is 11.9. The van der Waals surface area contributed by atoms with Gasteiger partial charge in [0.25, 0.3) is 0 Å². The normalized spacial score (nSPS) is 24.3. The van der Waals surface area contributed by atoms with Crippen molar-refractivity contribution in [2.24, 2.45) is 5.92 Å².